The highest BCUT2D eigenvalue weighted by Crippen LogP contribution is 2.50. The van der Waals surface area contributed by atoms with Gasteiger partial charge in [-0.1, -0.05) is 105 Å². The normalized spacial score (nSPS) is 12.3. The molecule has 0 saturated carbocycles. The number of hydrogen-bond donors (Lipinski definition) is 1. The molecule has 5 nitrogen and oxygen atoms in total. The van der Waals surface area contributed by atoms with E-state index in [1.54, 1.807) is 28.4 Å². The minimum atomic E-state index is -1.55. The van der Waals surface area contributed by atoms with Crippen molar-refractivity contribution in [3.63, 3.8) is 0 Å². The molecule has 6 heteroatoms. The largest absolute Gasteiger partial charge is 0.507 e. The van der Waals surface area contributed by atoms with E-state index in [-0.39, 0.29) is 22.0 Å². The molecule has 0 aliphatic carbocycles. The van der Waals surface area contributed by atoms with E-state index in [0.717, 1.165) is 38.2 Å². The van der Waals surface area contributed by atoms with Crippen LogP contribution in [-0.4, -0.2) is 33.5 Å². The zero-order valence-corrected chi connectivity index (χ0v) is 30.8. The number of phenols is 1. The van der Waals surface area contributed by atoms with Gasteiger partial charge in [0.25, 0.3) is 0 Å². The van der Waals surface area contributed by atoms with Gasteiger partial charge >= 0.3 is 0 Å². The van der Waals surface area contributed by atoms with Gasteiger partial charge < -0.3 is 24.1 Å². The van der Waals surface area contributed by atoms with Crippen LogP contribution in [0.15, 0.2) is 66.7 Å². The monoisotopic (exact) mass is 642 g/mol. The molecular weight excluding hydrogens is 591 g/mol. The summed E-state index contributed by atoms with van der Waals surface area (Å²) in [6.07, 6.45) is 0. The van der Waals surface area contributed by atoms with Gasteiger partial charge in [-0.05, 0) is 62.8 Å². The highest BCUT2D eigenvalue weighted by atomic mass is 31.1. The summed E-state index contributed by atoms with van der Waals surface area (Å²) in [4.78, 5) is 0. The minimum Gasteiger partial charge on any atom is -0.507 e. The van der Waals surface area contributed by atoms with Gasteiger partial charge in [-0.25, -0.2) is 0 Å². The highest BCUT2D eigenvalue weighted by molar-refractivity contribution is 7.80. The lowest BCUT2D eigenvalue weighted by Crippen LogP contribution is -2.27. The Bertz CT molecular complexity index is 1560. The Morgan fingerprint density at radius 3 is 1.20 bits per heavy atom. The molecule has 0 aliphatic heterocycles. The van der Waals surface area contributed by atoms with Crippen LogP contribution in [-0.2, 0) is 16.2 Å². The molecule has 1 N–H and O–H groups in total. The number of aromatic hydroxyl groups is 1. The van der Waals surface area contributed by atoms with Gasteiger partial charge in [0.2, 0.25) is 0 Å². The number of rotatable bonds is 8. The van der Waals surface area contributed by atoms with Crippen molar-refractivity contribution in [1.29, 1.82) is 0 Å². The van der Waals surface area contributed by atoms with Gasteiger partial charge in [0.05, 0.1) is 39.0 Å². The fourth-order valence-electron chi connectivity index (χ4n) is 5.54. The van der Waals surface area contributed by atoms with Crippen LogP contribution in [0.1, 0.15) is 79.0 Å². The number of benzene rings is 4. The van der Waals surface area contributed by atoms with E-state index in [9.17, 15) is 5.11 Å². The number of para-hydroxylation sites is 1. The van der Waals surface area contributed by atoms with Crippen molar-refractivity contribution in [2.75, 3.05) is 28.4 Å². The van der Waals surface area contributed by atoms with E-state index in [0.29, 0.717) is 23.0 Å². The molecule has 246 valence electrons. The van der Waals surface area contributed by atoms with Crippen molar-refractivity contribution in [3.05, 3.63) is 83.4 Å². The molecule has 0 aliphatic rings. The molecule has 0 radical (unpaired) electrons. The molecule has 0 spiro atoms. The summed E-state index contributed by atoms with van der Waals surface area (Å²) >= 11 is 0. The molecule has 4 aromatic rings. The molecule has 46 heavy (non-hydrogen) atoms. The molecule has 0 fully saturated rings. The molecular formula is C40H51O5P. The molecule has 0 saturated heterocycles. The fraction of sp³-hybridized carbons (Fsp3) is 0.400. The SMILES string of the molecule is COc1cc(C(C)(C)C)cc(OC)c1P(c1cccc(-c2ccc(C(C)(C)C)cc2)c1O)c1c(OC)cc(C(C)(C)C)cc1OC. The summed E-state index contributed by atoms with van der Waals surface area (Å²) in [6, 6.07) is 22.7. The third-order valence-corrected chi connectivity index (χ3v) is 11.1. The van der Waals surface area contributed by atoms with Crippen LogP contribution in [0.2, 0.25) is 0 Å². The number of phenolic OH excluding ortho intramolecular Hbond substituents is 1. The molecule has 0 bridgehead atoms. The maximum atomic E-state index is 12.2. The summed E-state index contributed by atoms with van der Waals surface area (Å²) in [5, 5.41) is 14.7. The number of hydrogen-bond acceptors (Lipinski definition) is 5. The topological polar surface area (TPSA) is 57.2 Å². The van der Waals surface area contributed by atoms with Crippen LogP contribution in [0.3, 0.4) is 0 Å². The van der Waals surface area contributed by atoms with E-state index in [1.165, 1.54) is 5.56 Å². The van der Waals surface area contributed by atoms with Crippen LogP contribution in [0.4, 0.5) is 0 Å². The first-order chi connectivity index (χ1) is 21.5. The van der Waals surface area contributed by atoms with Crippen LogP contribution in [0, 0.1) is 0 Å². The number of methoxy groups -OCH3 is 4. The van der Waals surface area contributed by atoms with Crippen molar-refractivity contribution >= 4 is 23.8 Å². The Hall–Kier alpha value is -3.69. The van der Waals surface area contributed by atoms with E-state index in [2.05, 4.69) is 111 Å². The Balaban J connectivity index is 2.13. The molecule has 4 aromatic carbocycles. The molecule has 0 amide bonds. The smallest absolute Gasteiger partial charge is 0.131 e. The van der Waals surface area contributed by atoms with Crippen molar-refractivity contribution < 1.29 is 24.1 Å². The molecule has 0 unspecified atom stereocenters. The first kappa shape index (κ1) is 35.2. The zero-order chi connectivity index (χ0) is 34.2. The van der Waals surface area contributed by atoms with E-state index >= 15 is 0 Å². The maximum absolute atomic E-state index is 12.2. The third-order valence-electron chi connectivity index (χ3n) is 8.46. The van der Waals surface area contributed by atoms with Crippen LogP contribution in [0.5, 0.6) is 28.7 Å². The summed E-state index contributed by atoms with van der Waals surface area (Å²) < 4.78 is 24.6. The molecule has 0 atom stereocenters. The average molecular weight is 643 g/mol. The first-order valence-electron chi connectivity index (χ1n) is 15.7. The first-order valence-corrected chi connectivity index (χ1v) is 17.1. The summed E-state index contributed by atoms with van der Waals surface area (Å²) in [6.45, 7) is 19.6. The Kier molecular flexibility index (Phi) is 10.1. The maximum Gasteiger partial charge on any atom is 0.131 e. The van der Waals surface area contributed by atoms with Gasteiger partial charge in [-0.3, -0.25) is 0 Å². The van der Waals surface area contributed by atoms with Crippen LogP contribution < -0.4 is 34.9 Å². The van der Waals surface area contributed by atoms with Crippen LogP contribution >= 0.6 is 7.92 Å². The quantitative estimate of drug-likeness (QED) is 0.195. The zero-order valence-electron chi connectivity index (χ0n) is 29.9. The third kappa shape index (κ3) is 7.00. The lowest BCUT2D eigenvalue weighted by Gasteiger charge is -2.30. The Morgan fingerprint density at radius 2 is 0.870 bits per heavy atom. The minimum absolute atomic E-state index is 0.0232. The second kappa shape index (κ2) is 13.2. The lowest BCUT2D eigenvalue weighted by molar-refractivity contribution is 0.396. The van der Waals surface area contributed by atoms with E-state index in [1.807, 2.05) is 18.2 Å². The van der Waals surface area contributed by atoms with Gasteiger partial charge in [-0.15, -0.1) is 0 Å². The Morgan fingerprint density at radius 1 is 0.500 bits per heavy atom. The Labute approximate surface area is 277 Å². The van der Waals surface area contributed by atoms with Crippen molar-refractivity contribution in [1.82, 2.24) is 0 Å². The van der Waals surface area contributed by atoms with E-state index < -0.39 is 7.92 Å². The summed E-state index contributed by atoms with van der Waals surface area (Å²) in [7, 11) is 5.18. The standard InChI is InChI=1S/C40H51O5P/c1-38(2,3)26-19-17-25(18-20-26)29-15-14-16-34(35(29)41)46(36-30(42-10)21-27(39(4,5)6)22-31(36)43-11)37-32(44-12)23-28(40(7,8)9)24-33(37)45-13/h14-24,41H,1-13H3. The van der Waals surface area contributed by atoms with Crippen LogP contribution in [0.25, 0.3) is 11.1 Å². The predicted octanol–water partition coefficient (Wildman–Crippen LogP) is 8.74. The van der Waals surface area contributed by atoms with Gasteiger partial charge in [0.15, 0.2) is 0 Å². The second-order valence-corrected chi connectivity index (χ2v) is 16.8. The summed E-state index contributed by atoms with van der Waals surface area (Å²) in [5.74, 6) is 2.92. The van der Waals surface area contributed by atoms with E-state index in [4.69, 9.17) is 18.9 Å². The van der Waals surface area contributed by atoms with Crippen molar-refractivity contribution in [3.8, 4) is 39.9 Å². The molecule has 4 rings (SSSR count). The average Bonchev–Trinajstić information content (AvgIpc) is 3.00. The number of ether oxygens (including phenoxy) is 4. The van der Waals surface area contributed by atoms with Gasteiger partial charge in [0.1, 0.15) is 28.7 Å². The fourth-order valence-corrected chi connectivity index (χ4v) is 8.32. The van der Waals surface area contributed by atoms with Gasteiger partial charge in [-0.2, -0.15) is 0 Å². The van der Waals surface area contributed by atoms with Crippen molar-refractivity contribution in [2.24, 2.45) is 0 Å². The summed E-state index contributed by atoms with van der Waals surface area (Å²) in [5.41, 5.74) is 4.81. The lowest BCUT2D eigenvalue weighted by atomic mass is 9.86. The molecule has 0 heterocycles. The second-order valence-electron chi connectivity index (χ2n) is 14.8. The predicted molar refractivity (Wildman–Crippen MR) is 195 cm³/mol. The molecule has 0 aromatic heterocycles. The van der Waals surface area contributed by atoms with Gasteiger partial charge in [0, 0.05) is 18.8 Å². The highest BCUT2D eigenvalue weighted by Gasteiger charge is 2.35. The van der Waals surface area contributed by atoms with Crippen molar-refractivity contribution in [2.45, 2.75) is 78.6 Å².